The van der Waals surface area contributed by atoms with Crippen molar-refractivity contribution in [3.05, 3.63) is 65.4 Å². The number of pyridine rings is 1. The smallest absolute Gasteiger partial charge is 0.416 e. The molecular weight excluding hydrogens is 329 g/mol. The van der Waals surface area contributed by atoms with Gasteiger partial charge >= 0.3 is 6.18 Å². The Kier molecular flexibility index (Phi) is 4.35. The number of fused-ring (bicyclic) bond motifs is 1. The first-order chi connectivity index (χ1) is 11.9. The fourth-order valence-corrected chi connectivity index (χ4v) is 2.54. The maximum atomic E-state index is 12.8. The number of benzene rings is 2. The molecule has 0 saturated carbocycles. The third-order valence-corrected chi connectivity index (χ3v) is 3.79. The van der Waals surface area contributed by atoms with Crippen molar-refractivity contribution in [2.24, 2.45) is 0 Å². The standard InChI is InChI=1S/C19H15F3N2O/c1-25-15-10-16-13(7-8-24-18(16)17(23)11-15)6-5-12-3-2-4-14(9-12)19(20,21)22/h2-11H,23H2,1H3. The van der Waals surface area contributed by atoms with Gasteiger partial charge in [0.15, 0.2) is 0 Å². The van der Waals surface area contributed by atoms with Gasteiger partial charge in [-0.2, -0.15) is 13.2 Å². The van der Waals surface area contributed by atoms with Gasteiger partial charge in [-0.25, -0.2) is 0 Å². The van der Waals surface area contributed by atoms with E-state index in [1.807, 2.05) is 0 Å². The first kappa shape index (κ1) is 16.8. The summed E-state index contributed by atoms with van der Waals surface area (Å²) < 4.78 is 43.6. The lowest BCUT2D eigenvalue weighted by Crippen LogP contribution is -2.04. The number of methoxy groups -OCH3 is 1. The van der Waals surface area contributed by atoms with Crippen molar-refractivity contribution < 1.29 is 17.9 Å². The van der Waals surface area contributed by atoms with E-state index in [0.717, 1.165) is 23.1 Å². The van der Waals surface area contributed by atoms with E-state index >= 15 is 0 Å². The maximum absolute atomic E-state index is 12.8. The van der Waals surface area contributed by atoms with Crippen LogP contribution in [0, 0.1) is 0 Å². The van der Waals surface area contributed by atoms with Gasteiger partial charge in [0.25, 0.3) is 0 Å². The van der Waals surface area contributed by atoms with E-state index in [1.54, 1.807) is 42.6 Å². The van der Waals surface area contributed by atoms with E-state index in [9.17, 15) is 13.2 Å². The van der Waals surface area contributed by atoms with Gasteiger partial charge in [0.2, 0.25) is 0 Å². The molecule has 1 heterocycles. The van der Waals surface area contributed by atoms with E-state index < -0.39 is 11.7 Å². The van der Waals surface area contributed by atoms with E-state index in [4.69, 9.17) is 10.5 Å². The summed E-state index contributed by atoms with van der Waals surface area (Å²) in [5.74, 6) is 0.590. The van der Waals surface area contributed by atoms with Crippen LogP contribution in [0.5, 0.6) is 5.75 Å². The fraction of sp³-hybridized carbons (Fsp3) is 0.105. The molecule has 0 aliphatic heterocycles. The number of nitrogen functional groups attached to an aromatic ring is 1. The first-order valence-electron chi connectivity index (χ1n) is 7.46. The second kappa shape index (κ2) is 6.47. The highest BCUT2D eigenvalue weighted by Gasteiger charge is 2.30. The summed E-state index contributed by atoms with van der Waals surface area (Å²) in [7, 11) is 1.54. The summed E-state index contributed by atoms with van der Waals surface area (Å²) in [5.41, 5.74) is 7.64. The molecule has 3 aromatic rings. The molecule has 0 bridgehead atoms. The highest BCUT2D eigenvalue weighted by molar-refractivity contribution is 5.97. The second-order valence-electron chi connectivity index (χ2n) is 5.47. The Morgan fingerprint density at radius 3 is 2.60 bits per heavy atom. The van der Waals surface area contributed by atoms with Crippen LogP contribution in [0.15, 0.2) is 48.7 Å². The monoisotopic (exact) mass is 344 g/mol. The van der Waals surface area contributed by atoms with E-state index in [-0.39, 0.29) is 0 Å². The molecule has 0 unspecified atom stereocenters. The van der Waals surface area contributed by atoms with Crippen molar-refractivity contribution in [3.8, 4) is 5.75 Å². The van der Waals surface area contributed by atoms with Gasteiger partial charge in [0.1, 0.15) is 5.75 Å². The lowest BCUT2D eigenvalue weighted by Gasteiger charge is -2.08. The Hall–Kier alpha value is -3.02. The molecule has 25 heavy (non-hydrogen) atoms. The van der Waals surface area contributed by atoms with Crippen molar-refractivity contribution in [1.82, 2.24) is 4.98 Å². The molecule has 6 heteroatoms. The highest BCUT2D eigenvalue weighted by atomic mass is 19.4. The second-order valence-corrected chi connectivity index (χ2v) is 5.47. The number of hydrogen-bond donors (Lipinski definition) is 1. The molecule has 0 saturated heterocycles. The number of halogens is 3. The first-order valence-corrected chi connectivity index (χ1v) is 7.46. The number of alkyl halides is 3. The molecule has 0 radical (unpaired) electrons. The summed E-state index contributed by atoms with van der Waals surface area (Å²) in [4.78, 5) is 4.26. The number of aromatic nitrogens is 1. The average Bonchev–Trinajstić information content (AvgIpc) is 2.59. The minimum absolute atomic E-state index is 0.454. The molecule has 1 aromatic heterocycles. The van der Waals surface area contributed by atoms with Crippen molar-refractivity contribution in [1.29, 1.82) is 0 Å². The predicted octanol–water partition coefficient (Wildman–Crippen LogP) is 5.01. The zero-order chi connectivity index (χ0) is 18.0. The molecule has 128 valence electrons. The third kappa shape index (κ3) is 3.57. The van der Waals surface area contributed by atoms with E-state index in [2.05, 4.69) is 4.98 Å². The summed E-state index contributed by atoms with van der Waals surface area (Å²) in [6.07, 6.45) is 0.601. The summed E-state index contributed by atoms with van der Waals surface area (Å²) in [5, 5.41) is 0.766. The van der Waals surface area contributed by atoms with Crippen LogP contribution in [0.4, 0.5) is 18.9 Å². The Morgan fingerprint density at radius 1 is 1.08 bits per heavy atom. The molecule has 0 aliphatic carbocycles. The zero-order valence-electron chi connectivity index (χ0n) is 13.3. The Balaban J connectivity index is 2.03. The molecule has 0 atom stereocenters. The van der Waals surface area contributed by atoms with E-state index in [1.165, 1.54) is 13.2 Å². The number of nitrogens with two attached hydrogens (primary N) is 1. The number of ether oxygens (including phenoxy) is 1. The van der Waals surface area contributed by atoms with Gasteiger partial charge in [-0.3, -0.25) is 4.98 Å². The van der Waals surface area contributed by atoms with Crippen molar-refractivity contribution >= 4 is 28.7 Å². The average molecular weight is 344 g/mol. The minimum Gasteiger partial charge on any atom is -0.497 e. The van der Waals surface area contributed by atoms with Crippen LogP contribution in [0.25, 0.3) is 23.1 Å². The molecule has 0 amide bonds. The fourth-order valence-electron chi connectivity index (χ4n) is 2.54. The van der Waals surface area contributed by atoms with Gasteiger partial charge in [-0.05, 0) is 35.4 Å². The lowest BCUT2D eigenvalue weighted by atomic mass is 10.0. The number of anilines is 1. The van der Waals surface area contributed by atoms with Gasteiger partial charge < -0.3 is 10.5 Å². The molecule has 2 aromatic carbocycles. The Bertz CT molecular complexity index is 949. The van der Waals surface area contributed by atoms with Crippen molar-refractivity contribution in [2.45, 2.75) is 6.18 Å². The normalized spacial score (nSPS) is 12.0. The van der Waals surface area contributed by atoms with Crippen LogP contribution in [0.1, 0.15) is 16.7 Å². The molecule has 2 N–H and O–H groups in total. The van der Waals surface area contributed by atoms with Gasteiger partial charge in [0, 0.05) is 17.6 Å². The lowest BCUT2D eigenvalue weighted by molar-refractivity contribution is -0.137. The van der Waals surface area contributed by atoms with Crippen LogP contribution in [-0.2, 0) is 6.18 Å². The van der Waals surface area contributed by atoms with Crippen molar-refractivity contribution in [2.75, 3.05) is 12.8 Å². The molecule has 0 spiro atoms. The minimum atomic E-state index is -4.37. The molecule has 0 fully saturated rings. The van der Waals surface area contributed by atoms with Gasteiger partial charge in [-0.15, -0.1) is 0 Å². The Labute approximate surface area is 142 Å². The van der Waals surface area contributed by atoms with Crippen LogP contribution in [-0.4, -0.2) is 12.1 Å². The number of rotatable bonds is 3. The molecule has 3 rings (SSSR count). The third-order valence-electron chi connectivity index (χ3n) is 3.79. The largest absolute Gasteiger partial charge is 0.497 e. The summed E-state index contributed by atoms with van der Waals surface area (Å²) >= 11 is 0. The van der Waals surface area contributed by atoms with Crippen LogP contribution in [0.3, 0.4) is 0 Å². The maximum Gasteiger partial charge on any atom is 0.416 e. The molecule has 3 nitrogen and oxygen atoms in total. The zero-order valence-corrected chi connectivity index (χ0v) is 13.3. The number of hydrogen-bond acceptors (Lipinski definition) is 3. The van der Waals surface area contributed by atoms with Gasteiger partial charge in [0.05, 0.1) is 23.9 Å². The predicted molar refractivity (Wildman–Crippen MR) is 93.1 cm³/mol. The molecular formula is C19H15F3N2O. The highest BCUT2D eigenvalue weighted by Crippen LogP contribution is 2.31. The summed E-state index contributed by atoms with van der Waals surface area (Å²) in [6, 6.07) is 10.4. The Morgan fingerprint density at radius 2 is 1.88 bits per heavy atom. The van der Waals surface area contributed by atoms with Crippen molar-refractivity contribution in [3.63, 3.8) is 0 Å². The summed E-state index contributed by atoms with van der Waals surface area (Å²) in [6.45, 7) is 0. The van der Waals surface area contributed by atoms with Crippen LogP contribution in [0.2, 0.25) is 0 Å². The van der Waals surface area contributed by atoms with E-state index in [0.29, 0.717) is 22.5 Å². The number of nitrogens with zero attached hydrogens (tertiary/aromatic N) is 1. The molecule has 0 aliphatic rings. The SMILES string of the molecule is COc1cc(N)c2nccc(C=Cc3cccc(C(F)(F)F)c3)c2c1. The van der Waals surface area contributed by atoms with Crippen LogP contribution >= 0.6 is 0 Å². The van der Waals surface area contributed by atoms with Gasteiger partial charge in [-0.1, -0.05) is 24.3 Å². The quantitative estimate of drug-likeness (QED) is 0.679. The van der Waals surface area contributed by atoms with Crippen LogP contribution < -0.4 is 10.5 Å². The topological polar surface area (TPSA) is 48.1 Å².